The molecular formula is C12H14O2. The number of benzene rings is 1. The van der Waals surface area contributed by atoms with Crippen molar-refractivity contribution in [1.82, 2.24) is 0 Å². The monoisotopic (exact) mass is 190 g/mol. The molecule has 0 amide bonds. The Kier molecular flexibility index (Phi) is 2.20. The number of methoxy groups -OCH3 is 1. The average Bonchev–Trinajstić information content (AvgIpc) is 2.60. The number of hydrogen-bond acceptors (Lipinski definition) is 2. The Labute approximate surface area is 84.2 Å². The van der Waals surface area contributed by atoms with Gasteiger partial charge in [0.2, 0.25) is 0 Å². The van der Waals surface area contributed by atoms with Crippen LogP contribution in [-0.4, -0.2) is 13.2 Å². The molecule has 2 heteroatoms. The van der Waals surface area contributed by atoms with Crippen molar-refractivity contribution in [2.24, 2.45) is 0 Å². The van der Waals surface area contributed by atoms with Gasteiger partial charge in [0.05, 0.1) is 7.11 Å². The highest BCUT2D eigenvalue weighted by Crippen LogP contribution is 2.38. The molecule has 0 saturated carbocycles. The maximum atomic E-state index is 5.77. The normalized spacial score (nSPS) is 18.6. The van der Waals surface area contributed by atoms with Crippen LogP contribution in [0.3, 0.4) is 0 Å². The minimum atomic E-state index is 0.112. The van der Waals surface area contributed by atoms with Gasteiger partial charge >= 0.3 is 0 Å². The third-order valence-corrected chi connectivity index (χ3v) is 2.50. The van der Waals surface area contributed by atoms with Crippen LogP contribution >= 0.6 is 0 Å². The molecule has 1 aliphatic rings. The second kappa shape index (κ2) is 3.37. The topological polar surface area (TPSA) is 18.5 Å². The van der Waals surface area contributed by atoms with E-state index in [1.807, 2.05) is 19.1 Å². The summed E-state index contributed by atoms with van der Waals surface area (Å²) in [7, 11) is 1.66. The summed E-state index contributed by atoms with van der Waals surface area (Å²) in [6, 6.07) is 5.97. The van der Waals surface area contributed by atoms with Crippen molar-refractivity contribution in [3.63, 3.8) is 0 Å². The zero-order chi connectivity index (χ0) is 10.1. The molecule has 14 heavy (non-hydrogen) atoms. The van der Waals surface area contributed by atoms with E-state index in [4.69, 9.17) is 9.47 Å². The van der Waals surface area contributed by atoms with E-state index in [9.17, 15) is 0 Å². The molecule has 1 aliphatic heterocycles. The van der Waals surface area contributed by atoms with Gasteiger partial charge in [-0.2, -0.15) is 0 Å². The number of para-hydroxylation sites is 1. The number of hydrogen-bond donors (Lipinski definition) is 0. The average molecular weight is 190 g/mol. The molecule has 1 aromatic rings. The molecule has 0 bridgehead atoms. The van der Waals surface area contributed by atoms with Gasteiger partial charge in [0.15, 0.2) is 11.5 Å². The van der Waals surface area contributed by atoms with Crippen molar-refractivity contribution in [1.29, 1.82) is 0 Å². The summed E-state index contributed by atoms with van der Waals surface area (Å²) in [5.41, 5.74) is 2.26. The minimum Gasteiger partial charge on any atom is -0.493 e. The molecule has 1 atom stereocenters. The first-order valence-electron chi connectivity index (χ1n) is 4.70. The van der Waals surface area contributed by atoms with Crippen LogP contribution in [0.5, 0.6) is 11.5 Å². The molecule has 0 aliphatic carbocycles. The molecule has 0 N–H and O–H groups in total. The lowest BCUT2D eigenvalue weighted by Crippen LogP contribution is -2.13. The molecular weight excluding hydrogens is 176 g/mol. The van der Waals surface area contributed by atoms with Gasteiger partial charge < -0.3 is 9.47 Å². The first-order valence-corrected chi connectivity index (χ1v) is 4.70. The lowest BCUT2D eigenvalue weighted by Gasteiger charge is -2.10. The van der Waals surface area contributed by atoms with Crippen LogP contribution in [0.2, 0.25) is 0 Å². The van der Waals surface area contributed by atoms with Crippen LogP contribution in [-0.2, 0) is 6.42 Å². The number of fused-ring (bicyclic) bond motifs is 1. The molecule has 0 radical (unpaired) electrons. The van der Waals surface area contributed by atoms with Crippen molar-refractivity contribution in [3.05, 3.63) is 35.9 Å². The summed E-state index contributed by atoms with van der Waals surface area (Å²) in [6.45, 7) is 5.90. The van der Waals surface area contributed by atoms with Crippen LogP contribution < -0.4 is 9.47 Å². The molecule has 2 nitrogen and oxygen atoms in total. The summed E-state index contributed by atoms with van der Waals surface area (Å²) < 4.78 is 11.0. The molecule has 0 spiro atoms. The fourth-order valence-electron chi connectivity index (χ4n) is 1.68. The van der Waals surface area contributed by atoms with E-state index >= 15 is 0 Å². The third-order valence-electron chi connectivity index (χ3n) is 2.50. The Hall–Kier alpha value is -1.44. The Morgan fingerprint density at radius 2 is 2.36 bits per heavy atom. The molecule has 1 heterocycles. The van der Waals surface area contributed by atoms with Crippen LogP contribution in [0, 0.1) is 0 Å². The SMILES string of the molecule is C=C(C)[C@H]1Cc2cccc(OC)c2O1. The van der Waals surface area contributed by atoms with Crippen LogP contribution in [0.1, 0.15) is 12.5 Å². The Balaban J connectivity index is 2.34. The van der Waals surface area contributed by atoms with Gasteiger partial charge in [0.25, 0.3) is 0 Å². The van der Waals surface area contributed by atoms with Gasteiger partial charge in [0.1, 0.15) is 6.10 Å². The summed E-state index contributed by atoms with van der Waals surface area (Å²) >= 11 is 0. The van der Waals surface area contributed by atoms with Crippen LogP contribution in [0.15, 0.2) is 30.4 Å². The minimum absolute atomic E-state index is 0.112. The number of rotatable bonds is 2. The van der Waals surface area contributed by atoms with Crippen molar-refractivity contribution >= 4 is 0 Å². The summed E-state index contributed by atoms with van der Waals surface area (Å²) in [5.74, 6) is 1.69. The molecule has 0 unspecified atom stereocenters. The van der Waals surface area contributed by atoms with Gasteiger partial charge in [-0.1, -0.05) is 18.7 Å². The van der Waals surface area contributed by atoms with Crippen molar-refractivity contribution in [2.75, 3.05) is 7.11 Å². The maximum Gasteiger partial charge on any atom is 0.165 e. The fraction of sp³-hybridized carbons (Fsp3) is 0.333. The molecule has 2 rings (SSSR count). The maximum absolute atomic E-state index is 5.77. The number of ether oxygens (including phenoxy) is 2. The van der Waals surface area contributed by atoms with Gasteiger partial charge in [0, 0.05) is 12.0 Å². The highest BCUT2D eigenvalue weighted by Gasteiger charge is 2.25. The van der Waals surface area contributed by atoms with E-state index in [1.165, 1.54) is 5.56 Å². The van der Waals surface area contributed by atoms with Crippen LogP contribution in [0.25, 0.3) is 0 Å². The Morgan fingerprint density at radius 3 is 3.00 bits per heavy atom. The van der Waals surface area contributed by atoms with Crippen molar-refractivity contribution < 1.29 is 9.47 Å². The highest BCUT2D eigenvalue weighted by atomic mass is 16.5. The smallest absolute Gasteiger partial charge is 0.165 e. The molecule has 74 valence electrons. The predicted octanol–water partition coefficient (Wildman–Crippen LogP) is 2.57. The van der Waals surface area contributed by atoms with E-state index in [-0.39, 0.29) is 6.10 Å². The zero-order valence-corrected chi connectivity index (χ0v) is 8.54. The summed E-state index contributed by atoms with van der Waals surface area (Å²) in [5, 5.41) is 0. The van der Waals surface area contributed by atoms with Gasteiger partial charge in [-0.15, -0.1) is 0 Å². The zero-order valence-electron chi connectivity index (χ0n) is 8.54. The highest BCUT2D eigenvalue weighted by molar-refractivity contribution is 5.50. The molecule has 0 fully saturated rings. The fourth-order valence-corrected chi connectivity index (χ4v) is 1.68. The largest absolute Gasteiger partial charge is 0.493 e. The van der Waals surface area contributed by atoms with Gasteiger partial charge in [-0.05, 0) is 18.6 Å². The van der Waals surface area contributed by atoms with E-state index in [0.717, 1.165) is 23.5 Å². The molecule has 0 saturated heterocycles. The third kappa shape index (κ3) is 1.37. The first kappa shape index (κ1) is 9.13. The van der Waals surface area contributed by atoms with E-state index in [2.05, 4.69) is 12.6 Å². The Bertz CT molecular complexity index is 369. The predicted molar refractivity (Wildman–Crippen MR) is 55.9 cm³/mol. The lowest BCUT2D eigenvalue weighted by atomic mass is 10.1. The van der Waals surface area contributed by atoms with Crippen molar-refractivity contribution in [3.8, 4) is 11.5 Å². The molecule has 1 aromatic carbocycles. The quantitative estimate of drug-likeness (QED) is 0.667. The standard InChI is InChI=1S/C12H14O2/c1-8(2)11-7-9-5-4-6-10(13-3)12(9)14-11/h4-6,11H,1,7H2,2-3H3/t11-/m1/s1. The van der Waals surface area contributed by atoms with E-state index < -0.39 is 0 Å². The summed E-state index contributed by atoms with van der Waals surface area (Å²) in [6.07, 6.45) is 1.02. The Morgan fingerprint density at radius 1 is 1.57 bits per heavy atom. The first-order chi connectivity index (χ1) is 6.72. The van der Waals surface area contributed by atoms with Gasteiger partial charge in [-0.25, -0.2) is 0 Å². The van der Waals surface area contributed by atoms with Crippen LogP contribution in [0.4, 0.5) is 0 Å². The lowest BCUT2D eigenvalue weighted by molar-refractivity contribution is 0.258. The second-order valence-corrected chi connectivity index (χ2v) is 3.61. The molecule has 0 aromatic heterocycles. The van der Waals surface area contributed by atoms with E-state index in [1.54, 1.807) is 7.11 Å². The van der Waals surface area contributed by atoms with E-state index in [0.29, 0.717) is 0 Å². The van der Waals surface area contributed by atoms with Gasteiger partial charge in [-0.3, -0.25) is 0 Å². The second-order valence-electron chi connectivity index (χ2n) is 3.61. The van der Waals surface area contributed by atoms with Crippen molar-refractivity contribution in [2.45, 2.75) is 19.4 Å². The summed E-state index contributed by atoms with van der Waals surface area (Å²) in [4.78, 5) is 0.